The molecule has 1 N–H and O–H groups in total. The normalized spacial score (nSPS) is 17.2. The first-order valence-electron chi connectivity index (χ1n) is 5.74. The summed E-state index contributed by atoms with van der Waals surface area (Å²) in [6, 6.07) is 2.95. The van der Waals surface area contributed by atoms with Gasteiger partial charge < -0.3 is 14.5 Å². The molecule has 2 heterocycles. The van der Waals surface area contributed by atoms with Crippen molar-refractivity contribution < 1.29 is 9.47 Å². The monoisotopic (exact) mass is 223 g/mol. The number of aromatic amines is 1. The highest BCUT2D eigenvalue weighted by molar-refractivity contribution is 5.09. The average Bonchev–Trinajstić information content (AvgIpc) is 2.30. The number of rotatable bonds is 4. The standard InChI is InChI=1S/C12H17NO3/c14-11-1-5-13-12(9-11)16-8-4-10-2-6-15-7-3-10/h1,5,9-10H,2-4,6-8H2,(H,13,14). The number of ether oxygens (including phenoxy) is 2. The summed E-state index contributed by atoms with van der Waals surface area (Å²) in [4.78, 5) is 13.9. The largest absolute Gasteiger partial charge is 0.479 e. The Labute approximate surface area is 94.6 Å². The van der Waals surface area contributed by atoms with Gasteiger partial charge in [-0.3, -0.25) is 4.79 Å². The van der Waals surface area contributed by atoms with Gasteiger partial charge >= 0.3 is 0 Å². The van der Waals surface area contributed by atoms with Crippen molar-refractivity contribution in [2.75, 3.05) is 19.8 Å². The van der Waals surface area contributed by atoms with Crippen LogP contribution in [-0.2, 0) is 4.74 Å². The highest BCUT2D eigenvalue weighted by atomic mass is 16.5. The van der Waals surface area contributed by atoms with Gasteiger partial charge in [0, 0.05) is 31.5 Å². The van der Waals surface area contributed by atoms with E-state index in [4.69, 9.17) is 9.47 Å². The third-order valence-corrected chi connectivity index (χ3v) is 2.87. The molecule has 1 aromatic heterocycles. The second-order valence-corrected chi connectivity index (χ2v) is 4.08. The molecule has 1 fully saturated rings. The van der Waals surface area contributed by atoms with Gasteiger partial charge in [-0.15, -0.1) is 0 Å². The van der Waals surface area contributed by atoms with Crippen LogP contribution in [0.4, 0.5) is 0 Å². The zero-order valence-corrected chi connectivity index (χ0v) is 9.28. The summed E-state index contributed by atoms with van der Waals surface area (Å²) in [5.74, 6) is 1.25. The second kappa shape index (κ2) is 5.70. The lowest BCUT2D eigenvalue weighted by Crippen LogP contribution is -2.18. The van der Waals surface area contributed by atoms with Gasteiger partial charge in [0.05, 0.1) is 6.61 Å². The van der Waals surface area contributed by atoms with Crippen LogP contribution in [0.5, 0.6) is 5.88 Å². The predicted octanol–water partition coefficient (Wildman–Crippen LogP) is 1.57. The van der Waals surface area contributed by atoms with E-state index in [0.717, 1.165) is 32.5 Å². The Morgan fingerprint density at radius 3 is 3.00 bits per heavy atom. The topological polar surface area (TPSA) is 51.3 Å². The van der Waals surface area contributed by atoms with Crippen molar-refractivity contribution in [3.05, 3.63) is 28.6 Å². The Morgan fingerprint density at radius 1 is 1.44 bits per heavy atom. The minimum atomic E-state index is -0.0279. The molecule has 1 aliphatic rings. The molecule has 1 aromatic rings. The van der Waals surface area contributed by atoms with Crippen molar-refractivity contribution in [2.45, 2.75) is 19.3 Å². The van der Waals surface area contributed by atoms with Crippen molar-refractivity contribution in [1.82, 2.24) is 4.98 Å². The molecule has 0 amide bonds. The fourth-order valence-corrected chi connectivity index (χ4v) is 1.88. The zero-order chi connectivity index (χ0) is 11.2. The van der Waals surface area contributed by atoms with Crippen LogP contribution in [0.3, 0.4) is 0 Å². The highest BCUT2D eigenvalue weighted by Crippen LogP contribution is 2.18. The molecule has 1 aliphatic heterocycles. The van der Waals surface area contributed by atoms with E-state index < -0.39 is 0 Å². The first-order valence-corrected chi connectivity index (χ1v) is 5.74. The van der Waals surface area contributed by atoms with Gasteiger partial charge in [0.15, 0.2) is 11.3 Å². The highest BCUT2D eigenvalue weighted by Gasteiger charge is 2.13. The lowest BCUT2D eigenvalue weighted by molar-refractivity contribution is 0.0591. The van der Waals surface area contributed by atoms with Crippen LogP contribution >= 0.6 is 0 Å². The van der Waals surface area contributed by atoms with Gasteiger partial charge in [-0.25, -0.2) is 0 Å². The number of H-pyrrole nitrogens is 1. The minimum absolute atomic E-state index is 0.0279. The first kappa shape index (κ1) is 11.2. The molecule has 0 spiro atoms. The van der Waals surface area contributed by atoms with Crippen molar-refractivity contribution in [3.8, 4) is 5.88 Å². The molecule has 1 saturated heterocycles. The van der Waals surface area contributed by atoms with Gasteiger partial charge in [0.25, 0.3) is 0 Å². The number of hydrogen-bond donors (Lipinski definition) is 1. The molecule has 0 bridgehead atoms. The van der Waals surface area contributed by atoms with Crippen LogP contribution in [0, 0.1) is 5.92 Å². The molecule has 88 valence electrons. The molecule has 0 unspecified atom stereocenters. The number of aromatic nitrogens is 1. The van der Waals surface area contributed by atoms with Crippen molar-refractivity contribution in [2.24, 2.45) is 5.92 Å². The zero-order valence-electron chi connectivity index (χ0n) is 9.28. The van der Waals surface area contributed by atoms with Gasteiger partial charge in [0.2, 0.25) is 0 Å². The Balaban J connectivity index is 1.73. The maximum absolute atomic E-state index is 11.0. The third kappa shape index (κ3) is 3.38. The quantitative estimate of drug-likeness (QED) is 0.843. The van der Waals surface area contributed by atoms with Crippen molar-refractivity contribution >= 4 is 0 Å². The number of nitrogens with one attached hydrogen (secondary N) is 1. The van der Waals surface area contributed by atoms with Crippen LogP contribution in [0.1, 0.15) is 19.3 Å². The van der Waals surface area contributed by atoms with E-state index in [1.54, 1.807) is 6.20 Å². The molecule has 4 nitrogen and oxygen atoms in total. The van der Waals surface area contributed by atoms with E-state index >= 15 is 0 Å². The summed E-state index contributed by atoms with van der Waals surface area (Å²) in [5, 5.41) is 0. The van der Waals surface area contributed by atoms with Crippen LogP contribution in [0.2, 0.25) is 0 Å². The fraction of sp³-hybridized carbons (Fsp3) is 0.583. The number of hydrogen-bond acceptors (Lipinski definition) is 3. The molecular weight excluding hydrogens is 206 g/mol. The van der Waals surface area contributed by atoms with Crippen molar-refractivity contribution in [1.29, 1.82) is 0 Å². The smallest absolute Gasteiger partial charge is 0.194 e. The molecule has 2 rings (SSSR count). The van der Waals surface area contributed by atoms with Gasteiger partial charge in [0.1, 0.15) is 0 Å². The van der Waals surface area contributed by atoms with E-state index in [1.165, 1.54) is 12.1 Å². The summed E-state index contributed by atoms with van der Waals surface area (Å²) in [7, 11) is 0. The Morgan fingerprint density at radius 2 is 2.25 bits per heavy atom. The van der Waals surface area contributed by atoms with Crippen LogP contribution < -0.4 is 10.2 Å². The van der Waals surface area contributed by atoms with Crippen LogP contribution in [0.25, 0.3) is 0 Å². The molecular formula is C12H17NO3. The summed E-state index contributed by atoms with van der Waals surface area (Å²) >= 11 is 0. The number of pyridine rings is 1. The Kier molecular flexibility index (Phi) is 3.99. The molecule has 0 aromatic carbocycles. The van der Waals surface area contributed by atoms with E-state index in [0.29, 0.717) is 18.4 Å². The summed E-state index contributed by atoms with van der Waals surface area (Å²) in [6.07, 6.45) is 4.87. The van der Waals surface area contributed by atoms with Crippen LogP contribution in [0.15, 0.2) is 23.1 Å². The average molecular weight is 223 g/mol. The maximum atomic E-state index is 11.0. The van der Waals surface area contributed by atoms with Crippen molar-refractivity contribution in [3.63, 3.8) is 0 Å². The second-order valence-electron chi connectivity index (χ2n) is 4.08. The maximum Gasteiger partial charge on any atom is 0.194 e. The van der Waals surface area contributed by atoms with E-state index in [2.05, 4.69) is 4.98 Å². The summed E-state index contributed by atoms with van der Waals surface area (Å²) in [6.45, 7) is 2.39. The SMILES string of the molecule is O=c1cc[nH]c(OCCC2CCOCC2)c1. The molecule has 0 radical (unpaired) electrons. The lowest BCUT2D eigenvalue weighted by Gasteiger charge is -2.21. The Bertz CT molecular complexity index is 369. The summed E-state index contributed by atoms with van der Waals surface area (Å²) < 4.78 is 10.8. The van der Waals surface area contributed by atoms with Crippen LogP contribution in [-0.4, -0.2) is 24.8 Å². The lowest BCUT2D eigenvalue weighted by atomic mass is 9.97. The van der Waals surface area contributed by atoms with Gasteiger partial charge in [-0.1, -0.05) is 0 Å². The van der Waals surface area contributed by atoms with Gasteiger partial charge in [-0.2, -0.15) is 0 Å². The van der Waals surface area contributed by atoms with E-state index in [9.17, 15) is 4.79 Å². The Hall–Kier alpha value is -1.29. The van der Waals surface area contributed by atoms with Gasteiger partial charge in [-0.05, 0) is 25.2 Å². The molecule has 0 saturated carbocycles. The van der Waals surface area contributed by atoms with E-state index in [-0.39, 0.29) is 5.43 Å². The summed E-state index contributed by atoms with van der Waals surface area (Å²) in [5.41, 5.74) is -0.0279. The predicted molar refractivity (Wildman–Crippen MR) is 60.7 cm³/mol. The molecule has 16 heavy (non-hydrogen) atoms. The fourth-order valence-electron chi connectivity index (χ4n) is 1.88. The third-order valence-electron chi connectivity index (χ3n) is 2.87. The first-order chi connectivity index (χ1) is 7.84. The molecule has 0 aliphatic carbocycles. The molecule has 0 atom stereocenters. The van der Waals surface area contributed by atoms with E-state index in [1.807, 2.05) is 0 Å². The minimum Gasteiger partial charge on any atom is -0.479 e. The molecule has 4 heteroatoms.